The van der Waals surface area contributed by atoms with Crippen LogP contribution in [0, 0.1) is 11.3 Å². The van der Waals surface area contributed by atoms with Gasteiger partial charge in [-0.3, -0.25) is 4.79 Å². The van der Waals surface area contributed by atoms with Gasteiger partial charge in [0, 0.05) is 23.9 Å². The molecule has 1 N–H and O–H groups in total. The largest absolute Gasteiger partial charge is 0.302 e. The predicted octanol–water partition coefficient (Wildman–Crippen LogP) is 4.66. The number of aryl methyl sites for hydroxylation is 1. The molecule has 134 valence electrons. The van der Waals surface area contributed by atoms with Crippen molar-refractivity contribution in [3.63, 3.8) is 0 Å². The quantitative estimate of drug-likeness (QED) is 0.707. The molecule has 1 aliphatic carbocycles. The van der Waals surface area contributed by atoms with E-state index in [0.717, 1.165) is 29.7 Å². The summed E-state index contributed by atoms with van der Waals surface area (Å²) in [5.41, 5.74) is 4.46. The summed E-state index contributed by atoms with van der Waals surface area (Å²) in [5.74, 6) is 0.329. The normalized spacial score (nSPS) is 15.1. The molecular formula is C22H19N3OS. The number of benzene rings is 2. The summed E-state index contributed by atoms with van der Waals surface area (Å²) in [6, 6.07) is 18.1. The molecule has 1 aliphatic rings. The Kier molecular flexibility index (Phi) is 4.99. The Labute approximate surface area is 162 Å². The Morgan fingerprint density at radius 2 is 2.04 bits per heavy atom. The third-order valence-corrected chi connectivity index (χ3v) is 5.86. The highest BCUT2D eigenvalue weighted by Crippen LogP contribution is 2.35. The van der Waals surface area contributed by atoms with Crippen LogP contribution in [-0.2, 0) is 17.6 Å². The van der Waals surface area contributed by atoms with Crippen molar-refractivity contribution in [3.8, 4) is 6.07 Å². The van der Waals surface area contributed by atoms with Crippen molar-refractivity contribution in [2.45, 2.75) is 31.6 Å². The number of carbonyl (C=O) groups is 1. The number of aromatic nitrogens is 1. The Morgan fingerprint density at radius 1 is 1.22 bits per heavy atom. The Morgan fingerprint density at radius 3 is 2.85 bits per heavy atom. The van der Waals surface area contributed by atoms with E-state index in [1.54, 1.807) is 0 Å². The minimum Gasteiger partial charge on any atom is -0.302 e. The molecule has 0 spiro atoms. The van der Waals surface area contributed by atoms with Gasteiger partial charge in [0.2, 0.25) is 5.91 Å². The fourth-order valence-corrected chi connectivity index (χ4v) is 4.46. The molecule has 0 aliphatic heterocycles. The summed E-state index contributed by atoms with van der Waals surface area (Å²) in [4.78, 5) is 17.9. The zero-order chi connectivity index (χ0) is 18.6. The van der Waals surface area contributed by atoms with E-state index in [-0.39, 0.29) is 5.91 Å². The average molecular weight is 373 g/mol. The standard InChI is InChI=1S/C22H19N3OS/c23-13-16-7-5-15(6-8-16)11-19-14-24-22(27-19)25-21(26)12-18-10-9-17-3-1-2-4-20(17)18/h1-8,14,18H,9-12H2,(H,24,25,26). The average Bonchev–Trinajstić information content (AvgIpc) is 3.29. The van der Waals surface area contributed by atoms with Crippen LogP contribution in [0.1, 0.15) is 45.9 Å². The lowest BCUT2D eigenvalue weighted by molar-refractivity contribution is -0.116. The summed E-state index contributed by atoms with van der Waals surface area (Å²) in [7, 11) is 0. The van der Waals surface area contributed by atoms with Crippen LogP contribution in [-0.4, -0.2) is 10.9 Å². The molecule has 4 nitrogen and oxygen atoms in total. The molecule has 0 saturated heterocycles. The number of nitriles is 1. The fraction of sp³-hybridized carbons (Fsp3) is 0.227. The van der Waals surface area contributed by atoms with Gasteiger partial charge in [-0.25, -0.2) is 4.98 Å². The number of fused-ring (bicyclic) bond motifs is 1. The number of thiazole rings is 1. The second-order valence-corrected chi connectivity index (χ2v) is 7.92. The lowest BCUT2D eigenvalue weighted by atomic mass is 9.97. The first-order valence-corrected chi connectivity index (χ1v) is 9.84. The van der Waals surface area contributed by atoms with Crippen molar-refractivity contribution in [2.75, 3.05) is 5.32 Å². The summed E-state index contributed by atoms with van der Waals surface area (Å²) in [5, 5.41) is 12.5. The SMILES string of the molecule is N#Cc1ccc(Cc2cnc(NC(=O)CC3CCc4ccccc43)s2)cc1. The van der Waals surface area contributed by atoms with Gasteiger partial charge in [-0.1, -0.05) is 36.4 Å². The van der Waals surface area contributed by atoms with E-state index in [1.165, 1.54) is 22.5 Å². The molecule has 0 bridgehead atoms. The number of anilines is 1. The molecular weight excluding hydrogens is 354 g/mol. The van der Waals surface area contributed by atoms with Crippen LogP contribution in [0.2, 0.25) is 0 Å². The van der Waals surface area contributed by atoms with Crippen LogP contribution in [0.25, 0.3) is 0 Å². The number of amides is 1. The molecule has 0 radical (unpaired) electrons. The second-order valence-electron chi connectivity index (χ2n) is 6.80. The molecule has 1 unspecified atom stereocenters. The Bertz CT molecular complexity index is 1000. The summed E-state index contributed by atoms with van der Waals surface area (Å²) >= 11 is 1.50. The van der Waals surface area contributed by atoms with Gasteiger partial charge in [-0.15, -0.1) is 11.3 Å². The van der Waals surface area contributed by atoms with E-state index in [1.807, 2.05) is 36.5 Å². The maximum atomic E-state index is 12.4. The number of hydrogen-bond acceptors (Lipinski definition) is 4. The topological polar surface area (TPSA) is 65.8 Å². The minimum atomic E-state index is 0.0241. The number of carbonyl (C=O) groups excluding carboxylic acids is 1. The molecule has 0 fully saturated rings. The van der Waals surface area contributed by atoms with Gasteiger partial charge in [0.25, 0.3) is 0 Å². The van der Waals surface area contributed by atoms with E-state index in [2.05, 4.69) is 34.6 Å². The molecule has 3 aromatic rings. The van der Waals surface area contributed by atoms with Crippen molar-refractivity contribution in [3.05, 3.63) is 81.9 Å². The van der Waals surface area contributed by atoms with Crippen LogP contribution >= 0.6 is 11.3 Å². The number of nitrogens with zero attached hydrogens (tertiary/aromatic N) is 2. The first-order chi connectivity index (χ1) is 13.2. The van der Waals surface area contributed by atoms with E-state index in [9.17, 15) is 4.79 Å². The smallest absolute Gasteiger partial charge is 0.226 e. The number of hydrogen-bond donors (Lipinski definition) is 1. The Balaban J connectivity index is 1.35. The number of rotatable bonds is 5. The van der Waals surface area contributed by atoms with Crippen molar-refractivity contribution in [1.82, 2.24) is 4.98 Å². The lowest BCUT2D eigenvalue weighted by Crippen LogP contribution is -2.14. The monoisotopic (exact) mass is 373 g/mol. The van der Waals surface area contributed by atoms with Crippen LogP contribution < -0.4 is 5.32 Å². The van der Waals surface area contributed by atoms with Gasteiger partial charge in [0.05, 0.1) is 11.6 Å². The molecule has 1 heterocycles. The van der Waals surface area contributed by atoms with Crippen LogP contribution in [0.3, 0.4) is 0 Å². The fourth-order valence-electron chi connectivity index (χ4n) is 3.60. The van der Waals surface area contributed by atoms with E-state index >= 15 is 0 Å². The van der Waals surface area contributed by atoms with Crippen molar-refractivity contribution in [2.24, 2.45) is 0 Å². The van der Waals surface area contributed by atoms with Gasteiger partial charge in [0.15, 0.2) is 5.13 Å². The lowest BCUT2D eigenvalue weighted by Gasteiger charge is -2.10. The zero-order valence-corrected chi connectivity index (χ0v) is 15.6. The molecule has 27 heavy (non-hydrogen) atoms. The second kappa shape index (κ2) is 7.73. The van der Waals surface area contributed by atoms with Gasteiger partial charge < -0.3 is 5.32 Å². The third-order valence-electron chi connectivity index (χ3n) is 4.95. The summed E-state index contributed by atoms with van der Waals surface area (Å²) < 4.78 is 0. The molecule has 1 aromatic heterocycles. The van der Waals surface area contributed by atoms with E-state index in [4.69, 9.17) is 5.26 Å². The molecule has 5 heteroatoms. The summed E-state index contributed by atoms with van der Waals surface area (Å²) in [6.07, 6.45) is 5.15. The van der Waals surface area contributed by atoms with Crippen LogP contribution in [0.5, 0.6) is 0 Å². The molecule has 1 atom stereocenters. The first kappa shape index (κ1) is 17.4. The van der Waals surface area contributed by atoms with E-state index in [0.29, 0.717) is 23.0 Å². The predicted molar refractivity (Wildman–Crippen MR) is 107 cm³/mol. The Hall–Kier alpha value is -2.97. The van der Waals surface area contributed by atoms with Crippen molar-refractivity contribution < 1.29 is 4.79 Å². The van der Waals surface area contributed by atoms with Gasteiger partial charge in [-0.05, 0) is 47.6 Å². The highest BCUT2D eigenvalue weighted by molar-refractivity contribution is 7.15. The zero-order valence-electron chi connectivity index (χ0n) is 14.8. The highest BCUT2D eigenvalue weighted by atomic mass is 32.1. The summed E-state index contributed by atoms with van der Waals surface area (Å²) in [6.45, 7) is 0. The van der Waals surface area contributed by atoms with Crippen LogP contribution in [0.4, 0.5) is 5.13 Å². The van der Waals surface area contributed by atoms with Gasteiger partial charge in [0.1, 0.15) is 0 Å². The molecule has 1 amide bonds. The molecule has 2 aromatic carbocycles. The van der Waals surface area contributed by atoms with Gasteiger partial charge >= 0.3 is 0 Å². The molecule has 0 saturated carbocycles. The van der Waals surface area contributed by atoms with Crippen molar-refractivity contribution >= 4 is 22.4 Å². The van der Waals surface area contributed by atoms with Crippen LogP contribution in [0.15, 0.2) is 54.7 Å². The maximum Gasteiger partial charge on any atom is 0.226 e. The maximum absolute atomic E-state index is 12.4. The minimum absolute atomic E-state index is 0.0241. The van der Waals surface area contributed by atoms with E-state index < -0.39 is 0 Å². The van der Waals surface area contributed by atoms with Crippen molar-refractivity contribution in [1.29, 1.82) is 5.26 Å². The highest BCUT2D eigenvalue weighted by Gasteiger charge is 2.24. The molecule has 4 rings (SSSR count). The number of nitrogens with one attached hydrogen (secondary N) is 1. The first-order valence-electron chi connectivity index (χ1n) is 9.02. The third kappa shape index (κ3) is 4.07. The van der Waals surface area contributed by atoms with Gasteiger partial charge in [-0.2, -0.15) is 5.26 Å².